The van der Waals surface area contributed by atoms with Gasteiger partial charge in [-0.05, 0) is 18.6 Å². The summed E-state index contributed by atoms with van der Waals surface area (Å²) in [5, 5.41) is 17.9. The Kier molecular flexibility index (Phi) is 4.99. The van der Waals surface area contributed by atoms with Crippen LogP contribution in [0.15, 0.2) is 27.7 Å². The number of amides is 1. The lowest BCUT2D eigenvalue weighted by Gasteiger charge is -2.22. The zero-order chi connectivity index (χ0) is 16.3. The van der Waals surface area contributed by atoms with Crippen LogP contribution in [-0.2, 0) is 14.4 Å². The molecule has 0 aromatic carbocycles. The van der Waals surface area contributed by atoms with Crippen molar-refractivity contribution in [2.75, 3.05) is 0 Å². The zero-order valence-electron chi connectivity index (χ0n) is 11.1. The number of aliphatic carboxylic acids is 2. The van der Waals surface area contributed by atoms with Crippen molar-refractivity contribution in [1.29, 1.82) is 0 Å². The molecule has 1 aliphatic heterocycles. The maximum atomic E-state index is 12.3. The summed E-state index contributed by atoms with van der Waals surface area (Å²) in [5.74, 6) is -2.55. The summed E-state index contributed by atoms with van der Waals surface area (Å²) >= 11 is 6.01. The Morgan fingerprint density at radius 3 is 2.73 bits per heavy atom. The van der Waals surface area contributed by atoms with Gasteiger partial charge in [0.15, 0.2) is 0 Å². The minimum absolute atomic E-state index is 0.0839. The van der Waals surface area contributed by atoms with Crippen LogP contribution in [-0.4, -0.2) is 43.3 Å². The first-order chi connectivity index (χ1) is 10.4. The summed E-state index contributed by atoms with van der Waals surface area (Å²) in [6.07, 6.45) is 2.32. The van der Waals surface area contributed by atoms with Gasteiger partial charge in [-0.25, -0.2) is 4.79 Å². The molecule has 22 heavy (non-hydrogen) atoms. The summed E-state index contributed by atoms with van der Waals surface area (Å²) < 4.78 is 5.19. The first-order valence-corrected chi connectivity index (χ1v) is 7.38. The molecule has 0 spiro atoms. The Hall–Kier alpha value is -2.13. The molecule has 2 rings (SSSR count). The van der Waals surface area contributed by atoms with Crippen LogP contribution in [0.3, 0.4) is 0 Å². The van der Waals surface area contributed by atoms with Gasteiger partial charge in [0.05, 0.1) is 11.2 Å². The third kappa shape index (κ3) is 3.55. The number of carbonyl (C=O) groups excluding carboxylic acids is 1. The van der Waals surface area contributed by atoms with Crippen molar-refractivity contribution >= 4 is 52.2 Å². The van der Waals surface area contributed by atoms with Crippen LogP contribution in [0.2, 0.25) is 0 Å². The highest BCUT2D eigenvalue weighted by atomic mass is 32.2. The molecule has 1 atom stereocenters. The number of carbonyl (C=O) groups is 3. The van der Waals surface area contributed by atoms with Crippen molar-refractivity contribution in [3.63, 3.8) is 0 Å². The molecule has 0 radical (unpaired) electrons. The van der Waals surface area contributed by atoms with Gasteiger partial charge in [0.25, 0.3) is 5.91 Å². The lowest BCUT2D eigenvalue weighted by atomic mass is 10.1. The second-order valence-electron chi connectivity index (χ2n) is 4.35. The van der Waals surface area contributed by atoms with Gasteiger partial charge < -0.3 is 14.6 Å². The summed E-state index contributed by atoms with van der Waals surface area (Å²) in [7, 11) is 0. The monoisotopic (exact) mass is 341 g/mol. The standard InChI is InChI=1S/C13H11NO6S2/c15-10(16)4-3-8(12(18)19)14-11(17)9(22-13(14)21)6-7-2-1-5-20-7/h1-2,5-6,8H,3-4H2,(H,15,16)(H,18,19)/b9-6-. The van der Waals surface area contributed by atoms with Crippen molar-refractivity contribution in [3.05, 3.63) is 29.1 Å². The van der Waals surface area contributed by atoms with Gasteiger partial charge in [0, 0.05) is 12.5 Å². The van der Waals surface area contributed by atoms with Crippen LogP contribution >= 0.6 is 24.0 Å². The van der Waals surface area contributed by atoms with Gasteiger partial charge in [-0.3, -0.25) is 14.5 Å². The van der Waals surface area contributed by atoms with Crippen LogP contribution in [0, 0.1) is 0 Å². The molecule has 1 aliphatic rings. The molecule has 2 heterocycles. The molecule has 1 unspecified atom stereocenters. The second-order valence-corrected chi connectivity index (χ2v) is 6.03. The third-order valence-corrected chi connectivity index (χ3v) is 4.20. The van der Waals surface area contributed by atoms with E-state index in [2.05, 4.69) is 0 Å². The van der Waals surface area contributed by atoms with E-state index in [1.54, 1.807) is 12.1 Å². The predicted octanol–water partition coefficient (Wildman–Crippen LogP) is 1.80. The minimum atomic E-state index is -1.30. The quantitative estimate of drug-likeness (QED) is 0.596. The number of hydrogen-bond donors (Lipinski definition) is 2. The van der Waals surface area contributed by atoms with Gasteiger partial charge in [-0.2, -0.15) is 0 Å². The Balaban J connectivity index is 2.22. The van der Waals surface area contributed by atoms with E-state index in [1.165, 1.54) is 12.3 Å². The topological polar surface area (TPSA) is 108 Å². The van der Waals surface area contributed by atoms with E-state index >= 15 is 0 Å². The van der Waals surface area contributed by atoms with E-state index in [9.17, 15) is 19.5 Å². The highest BCUT2D eigenvalue weighted by molar-refractivity contribution is 8.26. The van der Waals surface area contributed by atoms with Crippen molar-refractivity contribution in [3.8, 4) is 0 Å². The molecule has 1 aromatic rings. The summed E-state index contributed by atoms with van der Waals surface area (Å²) in [6.45, 7) is 0. The molecular formula is C13H11NO6S2. The fourth-order valence-electron chi connectivity index (χ4n) is 1.87. The van der Waals surface area contributed by atoms with E-state index < -0.39 is 23.9 Å². The molecule has 0 aliphatic carbocycles. The highest BCUT2D eigenvalue weighted by Crippen LogP contribution is 2.34. The van der Waals surface area contributed by atoms with Crippen molar-refractivity contribution in [2.24, 2.45) is 0 Å². The molecule has 1 fully saturated rings. The van der Waals surface area contributed by atoms with Crippen molar-refractivity contribution in [2.45, 2.75) is 18.9 Å². The maximum absolute atomic E-state index is 12.3. The molecule has 9 heteroatoms. The van der Waals surface area contributed by atoms with Crippen LogP contribution in [0.5, 0.6) is 0 Å². The minimum Gasteiger partial charge on any atom is -0.481 e. The van der Waals surface area contributed by atoms with E-state index in [0.29, 0.717) is 5.76 Å². The summed E-state index contributed by atoms with van der Waals surface area (Å²) in [4.78, 5) is 35.5. The predicted molar refractivity (Wildman–Crippen MR) is 82.0 cm³/mol. The number of rotatable bonds is 6. The molecule has 7 nitrogen and oxygen atoms in total. The van der Waals surface area contributed by atoms with Gasteiger partial charge >= 0.3 is 11.9 Å². The molecule has 1 aromatic heterocycles. The molecule has 1 saturated heterocycles. The lowest BCUT2D eigenvalue weighted by Crippen LogP contribution is -2.44. The van der Waals surface area contributed by atoms with E-state index in [4.69, 9.17) is 21.7 Å². The second kappa shape index (κ2) is 6.75. The first kappa shape index (κ1) is 16.2. The molecule has 0 bridgehead atoms. The number of hydrogen-bond acceptors (Lipinski definition) is 6. The smallest absolute Gasteiger partial charge is 0.326 e. The molecule has 2 N–H and O–H groups in total. The number of thiocarbonyl (C=S) groups is 1. The van der Waals surface area contributed by atoms with Crippen molar-refractivity contribution < 1.29 is 29.0 Å². The number of furan rings is 1. The molecule has 116 valence electrons. The number of thioether (sulfide) groups is 1. The summed E-state index contributed by atoms with van der Waals surface area (Å²) in [6, 6.07) is 2.00. The van der Waals surface area contributed by atoms with Crippen LogP contribution in [0.25, 0.3) is 6.08 Å². The van der Waals surface area contributed by atoms with E-state index in [-0.39, 0.29) is 22.1 Å². The van der Waals surface area contributed by atoms with Gasteiger partial charge in [-0.15, -0.1) is 0 Å². The van der Waals surface area contributed by atoms with E-state index in [0.717, 1.165) is 16.7 Å². The van der Waals surface area contributed by atoms with Crippen molar-refractivity contribution in [1.82, 2.24) is 4.90 Å². The fraction of sp³-hybridized carbons (Fsp3) is 0.231. The largest absolute Gasteiger partial charge is 0.481 e. The SMILES string of the molecule is O=C(O)CCC(C(=O)O)N1C(=O)/C(=C/c2ccco2)SC1=S. The van der Waals surface area contributed by atoms with Crippen LogP contribution < -0.4 is 0 Å². The lowest BCUT2D eigenvalue weighted by molar-refractivity contribution is -0.146. The number of carboxylic acid groups (broad SMARTS) is 2. The average Bonchev–Trinajstić information content (AvgIpc) is 3.02. The third-order valence-electron chi connectivity index (χ3n) is 2.87. The Bertz CT molecular complexity index is 651. The molecule has 1 amide bonds. The van der Waals surface area contributed by atoms with E-state index in [1.807, 2.05) is 0 Å². The zero-order valence-corrected chi connectivity index (χ0v) is 12.7. The Labute approximate surface area is 134 Å². The average molecular weight is 341 g/mol. The molecule has 0 saturated carbocycles. The number of carboxylic acids is 2. The van der Waals surface area contributed by atoms with Crippen LogP contribution in [0.4, 0.5) is 0 Å². The normalized spacial score (nSPS) is 18.0. The first-order valence-electron chi connectivity index (χ1n) is 6.15. The fourth-order valence-corrected chi connectivity index (χ4v) is 3.21. The maximum Gasteiger partial charge on any atom is 0.326 e. The highest BCUT2D eigenvalue weighted by Gasteiger charge is 2.40. The van der Waals surface area contributed by atoms with Gasteiger partial charge in [-0.1, -0.05) is 24.0 Å². The van der Waals surface area contributed by atoms with Crippen LogP contribution in [0.1, 0.15) is 18.6 Å². The van der Waals surface area contributed by atoms with Gasteiger partial charge in [0.1, 0.15) is 16.1 Å². The molecular weight excluding hydrogens is 330 g/mol. The number of nitrogens with zero attached hydrogens (tertiary/aromatic N) is 1. The Morgan fingerprint density at radius 2 is 2.18 bits per heavy atom. The summed E-state index contributed by atoms with van der Waals surface area (Å²) in [5.41, 5.74) is 0. The Morgan fingerprint density at radius 1 is 1.45 bits per heavy atom. The van der Waals surface area contributed by atoms with Gasteiger partial charge in [0.2, 0.25) is 0 Å².